The molecular formula is C18H27N3. The summed E-state index contributed by atoms with van der Waals surface area (Å²) in [6.45, 7) is 10.3. The van der Waals surface area contributed by atoms with Gasteiger partial charge in [-0.25, -0.2) is 0 Å². The van der Waals surface area contributed by atoms with E-state index < -0.39 is 0 Å². The van der Waals surface area contributed by atoms with Crippen LogP contribution in [-0.2, 0) is 5.54 Å². The van der Waals surface area contributed by atoms with Gasteiger partial charge in [0, 0.05) is 38.9 Å². The molecule has 1 saturated heterocycles. The summed E-state index contributed by atoms with van der Waals surface area (Å²) in [5.74, 6) is 0. The summed E-state index contributed by atoms with van der Waals surface area (Å²) in [5.41, 5.74) is 3.05. The summed E-state index contributed by atoms with van der Waals surface area (Å²) in [5, 5.41) is 0. The maximum Gasteiger partial charge on any atom is 0.0636 e. The quantitative estimate of drug-likeness (QED) is 0.775. The number of rotatable bonds is 5. The zero-order valence-electron chi connectivity index (χ0n) is 13.4. The zero-order valence-corrected chi connectivity index (χ0v) is 13.4. The van der Waals surface area contributed by atoms with Crippen molar-refractivity contribution in [1.29, 1.82) is 0 Å². The van der Waals surface area contributed by atoms with E-state index in [0.29, 0.717) is 0 Å². The summed E-state index contributed by atoms with van der Waals surface area (Å²) < 4.78 is 0. The lowest BCUT2D eigenvalue weighted by Crippen LogP contribution is -2.50. The topological polar surface area (TPSA) is 19.4 Å². The molecule has 21 heavy (non-hydrogen) atoms. The molecule has 0 atom stereocenters. The lowest BCUT2D eigenvalue weighted by molar-refractivity contribution is 0.0867. The van der Waals surface area contributed by atoms with Crippen LogP contribution in [0.25, 0.3) is 0 Å². The maximum absolute atomic E-state index is 4.62. The first-order chi connectivity index (χ1) is 10.2. The molecule has 0 radical (unpaired) electrons. The molecule has 0 unspecified atom stereocenters. The molecule has 0 N–H and O–H groups in total. The molecule has 1 aliphatic carbocycles. The normalized spacial score (nSPS) is 23.2. The van der Waals surface area contributed by atoms with Crippen LogP contribution in [0, 0.1) is 0 Å². The molecule has 114 valence electrons. The zero-order chi connectivity index (χ0) is 14.7. The summed E-state index contributed by atoms with van der Waals surface area (Å²) in [6.07, 6.45) is 7.99. The van der Waals surface area contributed by atoms with E-state index in [-0.39, 0.29) is 5.54 Å². The van der Waals surface area contributed by atoms with Crippen LogP contribution >= 0.6 is 0 Å². The van der Waals surface area contributed by atoms with Gasteiger partial charge in [0.15, 0.2) is 0 Å². The predicted octanol–water partition coefficient (Wildman–Crippen LogP) is 3.04. The summed E-state index contributed by atoms with van der Waals surface area (Å²) >= 11 is 0. The van der Waals surface area contributed by atoms with Crippen LogP contribution in [-0.4, -0.2) is 47.5 Å². The van der Waals surface area contributed by atoms with Crippen molar-refractivity contribution >= 4 is 0 Å². The van der Waals surface area contributed by atoms with Crippen LogP contribution in [0.2, 0.25) is 0 Å². The summed E-state index contributed by atoms with van der Waals surface area (Å²) in [4.78, 5) is 9.88. The Morgan fingerprint density at radius 3 is 2.57 bits per heavy atom. The van der Waals surface area contributed by atoms with E-state index in [9.17, 15) is 0 Å². The number of allylic oxidation sites excluding steroid dienone is 1. The third-order valence-electron chi connectivity index (χ3n) is 4.87. The fourth-order valence-corrected chi connectivity index (χ4v) is 3.59. The lowest BCUT2D eigenvalue weighted by atomic mass is 10.1. The molecule has 0 amide bonds. The molecule has 3 nitrogen and oxygen atoms in total. The van der Waals surface area contributed by atoms with E-state index in [1.807, 2.05) is 12.3 Å². The molecule has 0 spiro atoms. The standard InChI is InChI=1S/C18H27N3/c1-3-6-16(2)15-20-11-13-21(14-12-20)18(8-9-18)17-7-4-5-10-19-17/h4-7,10H,3,8-9,11-15H2,1-2H3. The monoisotopic (exact) mass is 285 g/mol. The van der Waals surface area contributed by atoms with Gasteiger partial charge in [-0.15, -0.1) is 0 Å². The highest BCUT2D eigenvalue weighted by Crippen LogP contribution is 2.50. The Morgan fingerprint density at radius 2 is 2.00 bits per heavy atom. The molecule has 0 bridgehead atoms. The van der Waals surface area contributed by atoms with E-state index >= 15 is 0 Å². The maximum atomic E-state index is 4.62. The largest absolute Gasteiger partial charge is 0.297 e. The van der Waals surface area contributed by atoms with Crippen LogP contribution in [0.3, 0.4) is 0 Å². The highest BCUT2D eigenvalue weighted by Gasteiger charge is 2.50. The van der Waals surface area contributed by atoms with E-state index in [0.717, 1.165) is 13.0 Å². The molecule has 2 heterocycles. The first kappa shape index (κ1) is 14.7. The number of nitrogens with zero attached hydrogens (tertiary/aromatic N) is 3. The van der Waals surface area contributed by atoms with Crippen LogP contribution in [0.15, 0.2) is 36.0 Å². The van der Waals surface area contributed by atoms with Gasteiger partial charge in [0.25, 0.3) is 0 Å². The molecule has 1 aliphatic heterocycles. The van der Waals surface area contributed by atoms with Crippen LogP contribution in [0.5, 0.6) is 0 Å². The van der Waals surface area contributed by atoms with Gasteiger partial charge in [0.05, 0.1) is 11.2 Å². The minimum Gasteiger partial charge on any atom is -0.297 e. The van der Waals surface area contributed by atoms with Gasteiger partial charge in [-0.2, -0.15) is 0 Å². The van der Waals surface area contributed by atoms with Crippen LogP contribution in [0.4, 0.5) is 0 Å². The van der Waals surface area contributed by atoms with E-state index in [1.165, 1.54) is 50.3 Å². The van der Waals surface area contributed by atoms with Crippen molar-refractivity contribution in [2.75, 3.05) is 32.7 Å². The van der Waals surface area contributed by atoms with Crippen molar-refractivity contribution < 1.29 is 0 Å². The molecule has 1 saturated carbocycles. The Bertz CT molecular complexity index is 482. The lowest BCUT2D eigenvalue weighted by Gasteiger charge is -2.39. The van der Waals surface area contributed by atoms with Crippen molar-refractivity contribution in [3.63, 3.8) is 0 Å². The van der Waals surface area contributed by atoms with Gasteiger partial charge in [-0.3, -0.25) is 14.8 Å². The second kappa shape index (κ2) is 6.29. The van der Waals surface area contributed by atoms with E-state index in [1.54, 1.807) is 0 Å². The fourth-order valence-electron chi connectivity index (χ4n) is 3.59. The van der Waals surface area contributed by atoms with Gasteiger partial charge in [-0.05, 0) is 38.3 Å². The highest BCUT2D eigenvalue weighted by atomic mass is 15.3. The first-order valence-electron chi connectivity index (χ1n) is 8.29. The number of hydrogen-bond acceptors (Lipinski definition) is 3. The smallest absolute Gasteiger partial charge is 0.0636 e. The minimum absolute atomic E-state index is 0.266. The van der Waals surface area contributed by atoms with Crippen LogP contribution in [0.1, 0.15) is 38.8 Å². The summed E-state index contributed by atoms with van der Waals surface area (Å²) in [6, 6.07) is 6.34. The summed E-state index contributed by atoms with van der Waals surface area (Å²) in [7, 11) is 0. The minimum atomic E-state index is 0.266. The van der Waals surface area contributed by atoms with Crippen molar-refractivity contribution in [2.24, 2.45) is 0 Å². The van der Waals surface area contributed by atoms with Gasteiger partial charge < -0.3 is 0 Å². The third-order valence-corrected chi connectivity index (χ3v) is 4.87. The van der Waals surface area contributed by atoms with E-state index in [2.05, 4.69) is 46.8 Å². The average molecular weight is 285 g/mol. The number of pyridine rings is 1. The molecule has 2 fully saturated rings. The Balaban J connectivity index is 1.58. The van der Waals surface area contributed by atoms with Crippen molar-refractivity contribution in [2.45, 2.75) is 38.6 Å². The first-order valence-corrected chi connectivity index (χ1v) is 8.29. The molecule has 1 aromatic rings. The number of piperazine rings is 1. The van der Waals surface area contributed by atoms with Crippen molar-refractivity contribution in [3.8, 4) is 0 Å². The van der Waals surface area contributed by atoms with Crippen LogP contribution < -0.4 is 0 Å². The molecule has 3 heteroatoms. The van der Waals surface area contributed by atoms with E-state index in [4.69, 9.17) is 0 Å². The molecule has 1 aromatic heterocycles. The number of aromatic nitrogens is 1. The molecule has 0 aromatic carbocycles. The Kier molecular flexibility index (Phi) is 4.41. The molecule has 3 rings (SSSR count). The third kappa shape index (κ3) is 3.19. The molecular weight excluding hydrogens is 258 g/mol. The van der Waals surface area contributed by atoms with Gasteiger partial charge in [0.1, 0.15) is 0 Å². The second-order valence-electron chi connectivity index (χ2n) is 6.47. The average Bonchev–Trinajstić information content (AvgIpc) is 3.31. The van der Waals surface area contributed by atoms with Gasteiger partial charge in [-0.1, -0.05) is 24.6 Å². The Morgan fingerprint density at radius 1 is 1.24 bits per heavy atom. The van der Waals surface area contributed by atoms with Crippen molar-refractivity contribution in [1.82, 2.24) is 14.8 Å². The SMILES string of the molecule is CCC=C(C)CN1CCN(C2(c3ccccn3)CC2)CC1. The number of hydrogen-bond donors (Lipinski definition) is 0. The Hall–Kier alpha value is -1.19. The highest BCUT2D eigenvalue weighted by molar-refractivity contribution is 5.23. The van der Waals surface area contributed by atoms with Gasteiger partial charge in [0.2, 0.25) is 0 Å². The fraction of sp³-hybridized carbons (Fsp3) is 0.611. The Labute approximate surface area is 128 Å². The van der Waals surface area contributed by atoms with Crippen molar-refractivity contribution in [3.05, 3.63) is 41.7 Å². The second-order valence-corrected chi connectivity index (χ2v) is 6.47. The van der Waals surface area contributed by atoms with Gasteiger partial charge >= 0.3 is 0 Å². The predicted molar refractivity (Wildman–Crippen MR) is 87.2 cm³/mol. The molecule has 2 aliphatic rings.